The van der Waals surface area contributed by atoms with E-state index in [2.05, 4.69) is 34.7 Å². The highest BCUT2D eigenvalue weighted by molar-refractivity contribution is 5.30. The lowest BCUT2D eigenvalue weighted by Crippen LogP contribution is -2.30. The van der Waals surface area contributed by atoms with Gasteiger partial charge in [0.05, 0.1) is 19.3 Å². The smallest absolute Gasteiger partial charge is 0.0721 e. The maximum absolute atomic E-state index is 5.63. The molecule has 2 heterocycles. The van der Waals surface area contributed by atoms with Crippen LogP contribution in [0.25, 0.3) is 0 Å². The summed E-state index contributed by atoms with van der Waals surface area (Å²) in [6, 6.07) is 10.8. The minimum Gasteiger partial charge on any atom is -0.375 e. The minimum absolute atomic E-state index is 0.322. The van der Waals surface area contributed by atoms with E-state index < -0.39 is 0 Å². The van der Waals surface area contributed by atoms with Crippen molar-refractivity contribution in [3.63, 3.8) is 0 Å². The van der Waals surface area contributed by atoms with Crippen molar-refractivity contribution in [2.45, 2.75) is 25.6 Å². The normalized spacial score (nSPS) is 18.2. The van der Waals surface area contributed by atoms with Gasteiger partial charge >= 0.3 is 0 Å². The molecule has 0 amide bonds. The molecular formula is C15H19N3O. The topological polar surface area (TPSA) is 39.1 Å². The first-order valence-electron chi connectivity index (χ1n) is 6.80. The molecule has 0 spiro atoms. The summed E-state index contributed by atoms with van der Waals surface area (Å²) in [5.41, 5.74) is 2.69. The van der Waals surface area contributed by atoms with Crippen LogP contribution >= 0.6 is 0 Å². The highest BCUT2D eigenvalue weighted by Gasteiger charge is 2.19. The van der Waals surface area contributed by atoms with Gasteiger partial charge in [-0.3, -0.25) is 4.68 Å². The fourth-order valence-corrected chi connectivity index (χ4v) is 2.50. The largest absolute Gasteiger partial charge is 0.375 e. The molecule has 100 valence electrons. The highest BCUT2D eigenvalue weighted by Crippen LogP contribution is 2.24. The third-order valence-corrected chi connectivity index (χ3v) is 3.49. The Bertz CT molecular complexity index is 510. The summed E-state index contributed by atoms with van der Waals surface area (Å²) in [7, 11) is 0. The van der Waals surface area contributed by atoms with Crippen molar-refractivity contribution in [3.05, 3.63) is 53.9 Å². The second-order valence-electron chi connectivity index (χ2n) is 4.84. The molecule has 0 saturated heterocycles. The van der Waals surface area contributed by atoms with Crippen LogP contribution in [0, 0.1) is 0 Å². The van der Waals surface area contributed by atoms with E-state index in [-0.39, 0.29) is 0 Å². The van der Waals surface area contributed by atoms with Gasteiger partial charge in [-0.2, -0.15) is 5.10 Å². The SMILES string of the molecule is c1ccc2c(c1)COCC2NCCCn1cccn1. The number of benzene rings is 1. The molecule has 1 N–H and O–H groups in total. The summed E-state index contributed by atoms with van der Waals surface area (Å²) in [5.74, 6) is 0. The average Bonchev–Trinajstić information content (AvgIpc) is 2.97. The molecule has 19 heavy (non-hydrogen) atoms. The number of aromatic nitrogens is 2. The molecule has 4 heteroatoms. The van der Waals surface area contributed by atoms with Crippen LogP contribution in [0.5, 0.6) is 0 Å². The first-order valence-corrected chi connectivity index (χ1v) is 6.80. The lowest BCUT2D eigenvalue weighted by atomic mass is 9.99. The lowest BCUT2D eigenvalue weighted by molar-refractivity contribution is 0.0820. The Hall–Kier alpha value is -1.65. The Morgan fingerprint density at radius 1 is 1.32 bits per heavy atom. The molecule has 0 fully saturated rings. The first-order chi connectivity index (χ1) is 9.43. The van der Waals surface area contributed by atoms with Crippen molar-refractivity contribution in [2.24, 2.45) is 0 Å². The summed E-state index contributed by atoms with van der Waals surface area (Å²) in [5, 5.41) is 7.77. The maximum atomic E-state index is 5.63. The number of rotatable bonds is 5. The zero-order chi connectivity index (χ0) is 12.9. The number of hydrogen-bond acceptors (Lipinski definition) is 3. The predicted molar refractivity (Wildman–Crippen MR) is 73.7 cm³/mol. The third-order valence-electron chi connectivity index (χ3n) is 3.49. The Labute approximate surface area is 113 Å². The van der Waals surface area contributed by atoms with Crippen LogP contribution in [0.3, 0.4) is 0 Å². The summed E-state index contributed by atoms with van der Waals surface area (Å²) >= 11 is 0. The minimum atomic E-state index is 0.322. The lowest BCUT2D eigenvalue weighted by Gasteiger charge is -2.26. The Balaban J connectivity index is 1.51. The number of ether oxygens (including phenoxy) is 1. The predicted octanol–water partition coefficient (Wildman–Crippen LogP) is 2.13. The van der Waals surface area contributed by atoms with Gasteiger partial charge in [-0.1, -0.05) is 24.3 Å². The molecule has 0 aliphatic carbocycles. The number of aryl methyl sites for hydroxylation is 1. The van der Waals surface area contributed by atoms with E-state index >= 15 is 0 Å². The monoisotopic (exact) mass is 257 g/mol. The standard InChI is InChI=1S/C15H19N3O/c1-2-6-14-13(5-1)11-19-12-15(14)16-7-3-9-18-10-4-8-17-18/h1-2,4-6,8,10,15-16H,3,7,9,11-12H2. The van der Waals surface area contributed by atoms with Gasteiger partial charge in [0.15, 0.2) is 0 Å². The van der Waals surface area contributed by atoms with E-state index in [0.29, 0.717) is 6.04 Å². The molecule has 1 aromatic carbocycles. The molecule has 1 atom stereocenters. The van der Waals surface area contributed by atoms with Gasteiger partial charge < -0.3 is 10.1 Å². The van der Waals surface area contributed by atoms with Crippen LogP contribution in [0.2, 0.25) is 0 Å². The van der Waals surface area contributed by atoms with Crippen LogP contribution in [-0.4, -0.2) is 22.9 Å². The Kier molecular flexibility index (Phi) is 3.91. The Morgan fingerprint density at radius 3 is 3.16 bits per heavy atom. The zero-order valence-corrected chi connectivity index (χ0v) is 11.0. The molecule has 1 aliphatic rings. The van der Waals surface area contributed by atoms with Gasteiger partial charge in [0.1, 0.15) is 0 Å². The molecule has 3 rings (SSSR count). The fourth-order valence-electron chi connectivity index (χ4n) is 2.50. The zero-order valence-electron chi connectivity index (χ0n) is 11.0. The van der Waals surface area contributed by atoms with Crippen LogP contribution in [-0.2, 0) is 17.9 Å². The van der Waals surface area contributed by atoms with Gasteiger partial charge in [0.25, 0.3) is 0 Å². The summed E-state index contributed by atoms with van der Waals surface area (Å²) < 4.78 is 7.60. The molecule has 4 nitrogen and oxygen atoms in total. The number of hydrogen-bond donors (Lipinski definition) is 1. The summed E-state index contributed by atoms with van der Waals surface area (Å²) in [6.07, 6.45) is 4.89. The fraction of sp³-hybridized carbons (Fsp3) is 0.400. The van der Waals surface area contributed by atoms with Crippen LogP contribution in [0.1, 0.15) is 23.6 Å². The number of fused-ring (bicyclic) bond motifs is 1. The quantitative estimate of drug-likeness (QED) is 0.834. The average molecular weight is 257 g/mol. The van der Waals surface area contributed by atoms with Crippen molar-refractivity contribution in [2.75, 3.05) is 13.2 Å². The van der Waals surface area contributed by atoms with Crippen LogP contribution in [0.4, 0.5) is 0 Å². The van der Waals surface area contributed by atoms with E-state index in [9.17, 15) is 0 Å². The molecule has 1 aliphatic heterocycles. The second-order valence-corrected chi connectivity index (χ2v) is 4.84. The van der Waals surface area contributed by atoms with E-state index in [1.807, 2.05) is 23.1 Å². The molecule has 1 aromatic heterocycles. The Morgan fingerprint density at radius 2 is 2.26 bits per heavy atom. The van der Waals surface area contributed by atoms with Crippen molar-refractivity contribution in [1.82, 2.24) is 15.1 Å². The van der Waals surface area contributed by atoms with Crippen molar-refractivity contribution in [3.8, 4) is 0 Å². The maximum Gasteiger partial charge on any atom is 0.0721 e. The van der Waals surface area contributed by atoms with Gasteiger partial charge in [-0.15, -0.1) is 0 Å². The van der Waals surface area contributed by atoms with Crippen molar-refractivity contribution < 1.29 is 4.74 Å². The van der Waals surface area contributed by atoms with Crippen molar-refractivity contribution >= 4 is 0 Å². The second kappa shape index (κ2) is 5.99. The van der Waals surface area contributed by atoms with Gasteiger partial charge in [0.2, 0.25) is 0 Å². The van der Waals surface area contributed by atoms with E-state index in [4.69, 9.17) is 4.74 Å². The van der Waals surface area contributed by atoms with Gasteiger partial charge in [0, 0.05) is 18.9 Å². The summed E-state index contributed by atoms with van der Waals surface area (Å²) in [4.78, 5) is 0. The number of nitrogens with zero attached hydrogens (tertiary/aromatic N) is 2. The van der Waals surface area contributed by atoms with Crippen LogP contribution < -0.4 is 5.32 Å². The molecule has 0 radical (unpaired) electrons. The highest BCUT2D eigenvalue weighted by atomic mass is 16.5. The molecule has 0 saturated carbocycles. The van der Waals surface area contributed by atoms with E-state index in [0.717, 1.165) is 32.7 Å². The molecule has 2 aromatic rings. The molecule has 0 bridgehead atoms. The van der Waals surface area contributed by atoms with E-state index in [1.54, 1.807) is 0 Å². The van der Waals surface area contributed by atoms with Crippen molar-refractivity contribution in [1.29, 1.82) is 0 Å². The number of nitrogens with one attached hydrogen (secondary N) is 1. The third kappa shape index (κ3) is 3.03. The first kappa shape index (κ1) is 12.4. The summed E-state index contributed by atoms with van der Waals surface area (Å²) in [6.45, 7) is 3.43. The van der Waals surface area contributed by atoms with Gasteiger partial charge in [-0.05, 0) is 30.2 Å². The molecular weight excluding hydrogens is 238 g/mol. The van der Waals surface area contributed by atoms with Gasteiger partial charge in [-0.25, -0.2) is 0 Å². The van der Waals surface area contributed by atoms with E-state index in [1.165, 1.54) is 11.1 Å². The van der Waals surface area contributed by atoms with Crippen LogP contribution in [0.15, 0.2) is 42.7 Å². The molecule has 1 unspecified atom stereocenters.